The van der Waals surface area contributed by atoms with Crippen molar-refractivity contribution in [2.45, 2.75) is 19.4 Å². The zero-order valence-electron chi connectivity index (χ0n) is 19.0. The van der Waals surface area contributed by atoms with Gasteiger partial charge >= 0.3 is 11.7 Å². The van der Waals surface area contributed by atoms with Gasteiger partial charge in [-0.2, -0.15) is 0 Å². The second kappa shape index (κ2) is 9.55. The van der Waals surface area contributed by atoms with Crippen LogP contribution in [-0.4, -0.2) is 34.8 Å². The number of carbonyl (C=O) groups is 1. The summed E-state index contributed by atoms with van der Waals surface area (Å²) in [6.07, 6.45) is 1.91. The van der Waals surface area contributed by atoms with Crippen LogP contribution in [0.1, 0.15) is 30.5 Å². The third-order valence-electron chi connectivity index (χ3n) is 5.56. The molecule has 11 heteroatoms. The Balaban J connectivity index is 2.00. The summed E-state index contributed by atoms with van der Waals surface area (Å²) in [4.78, 5) is 42.0. The molecule has 1 N–H and O–H groups in total. The molecule has 0 unspecified atom stereocenters. The second-order valence-electron chi connectivity index (χ2n) is 7.55. The van der Waals surface area contributed by atoms with Crippen molar-refractivity contribution >= 4 is 29.1 Å². The molecule has 0 bridgehead atoms. The minimum Gasteiger partial charge on any atom is -0.500 e. The molecular formula is C24H21N3O7S. The number of methoxy groups -OCH3 is 2. The number of phenols is 1. The molecule has 180 valence electrons. The molecule has 3 aromatic rings. The molecule has 0 radical (unpaired) electrons. The van der Waals surface area contributed by atoms with E-state index in [-0.39, 0.29) is 21.4 Å². The lowest BCUT2D eigenvalue weighted by Crippen LogP contribution is -2.40. The standard InChI is InChI=1S/C24H21N3O7S/c1-4-15-19(23(30)34-3)20(14-8-6-5-7-9-14)26-22(29)18(35-24(26)25-15)12-13-10-16(27(31)32)21(28)17(11-13)33-2/h5-12,20,28H,4H2,1-3H3/b18-12-/t20-/m1/s1. The van der Waals surface area contributed by atoms with Crippen LogP contribution in [0.4, 0.5) is 5.69 Å². The number of hydrogen-bond donors (Lipinski definition) is 1. The van der Waals surface area contributed by atoms with Crippen molar-refractivity contribution in [3.63, 3.8) is 0 Å². The Morgan fingerprint density at radius 3 is 2.60 bits per heavy atom. The third-order valence-corrected chi connectivity index (χ3v) is 6.54. The number of phenolic OH excluding ortho intramolecular Hbond substituents is 1. The summed E-state index contributed by atoms with van der Waals surface area (Å²) in [5.74, 6) is -1.27. The average Bonchev–Trinajstić information content (AvgIpc) is 3.17. The molecule has 0 amide bonds. The number of carbonyl (C=O) groups excluding carboxylic acids is 1. The van der Waals surface area contributed by atoms with Gasteiger partial charge in [0, 0.05) is 6.07 Å². The van der Waals surface area contributed by atoms with E-state index in [1.54, 1.807) is 0 Å². The molecule has 1 atom stereocenters. The number of aromatic nitrogens is 1. The number of aromatic hydroxyl groups is 1. The second-order valence-corrected chi connectivity index (χ2v) is 8.56. The first-order chi connectivity index (χ1) is 16.8. The summed E-state index contributed by atoms with van der Waals surface area (Å²) in [5.41, 5.74) is 0.822. The Labute approximate surface area is 202 Å². The van der Waals surface area contributed by atoms with Crippen LogP contribution in [0.5, 0.6) is 11.5 Å². The summed E-state index contributed by atoms with van der Waals surface area (Å²) < 4.78 is 11.8. The molecule has 2 heterocycles. The molecule has 1 aliphatic rings. The Morgan fingerprint density at radius 1 is 1.29 bits per heavy atom. The Hall–Kier alpha value is -4.25. The smallest absolute Gasteiger partial charge is 0.338 e. The van der Waals surface area contributed by atoms with Crippen LogP contribution in [0.25, 0.3) is 6.08 Å². The maximum absolute atomic E-state index is 13.6. The lowest BCUT2D eigenvalue weighted by molar-refractivity contribution is -0.386. The first kappa shape index (κ1) is 23.9. The highest BCUT2D eigenvalue weighted by Crippen LogP contribution is 2.37. The van der Waals surface area contributed by atoms with E-state index in [1.165, 1.54) is 30.9 Å². The topological polar surface area (TPSA) is 133 Å². The SMILES string of the molecule is CCC1=C(C(=O)OC)[C@@H](c2ccccc2)n2c(s/c(=C\c3cc(OC)c(O)c([N+](=O)[O-])c3)c2=O)=N1. The summed E-state index contributed by atoms with van der Waals surface area (Å²) in [6.45, 7) is 1.86. The first-order valence-corrected chi connectivity index (χ1v) is 11.4. The Kier molecular flexibility index (Phi) is 6.52. The monoisotopic (exact) mass is 495 g/mol. The molecule has 0 aliphatic carbocycles. The van der Waals surface area contributed by atoms with Gasteiger partial charge in [-0.3, -0.25) is 19.5 Å². The van der Waals surface area contributed by atoms with E-state index in [0.717, 1.165) is 17.4 Å². The molecule has 4 rings (SSSR count). The minimum absolute atomic E-state index is 0.0957. The van der Waals surface area contributed by atoms with Crippen LogP contribution < -0.4 is 19.6 Å². The van der Waals surface area contributed by atoms with Crippen LogP contribution in [-0.2, 0) is 9.53 Å². The number of fused-ring (bicyclic) bond motifs is 1. The number of allylic oxidation sites excluding steroid dienone is 1. The quantitative estimate of drug-likeness (QED) is 0.315. The average molecular weight is 496 g/mol. The number of nitrogens with zero attached hydrogens (tertiary/aromatic N) is 3. The molecule has 0 saturated heterocycles. The zero-order valence-corrected chi connectivity index (χ0v) is 19.9. The number of ether oxygens (including phenoxy) is 2. The molecule has 10 nitrogen and oxygen atoms in total. The van der Waals surface area contributed by atoms with Gasteiger partial charge in [0.15, 0.2) is 10.6 Å². The number of nitro groups is 1. The summed E-state index contributed by atoms with van der Waals surface area (Å²) in [5, 5.41) is 21.4. The van der Waals surface area contributed by atoms with Gasteiger partial charge in [-0.1, -0.05) is 48.6 Å². The lowest BCUT2D eigenvalue weighted by Gasteiger charge is -2.25. The van der Waals surface area contributed by atoms with Crippen molar-refractivity contribution in [1.82, 2.24) is 4.57 Å². The van der Waals surface area contributed by atoms with Gasteiger partial charge in [0.2, 0.25) is 5.75 Å². The third kappa shape index (κ3) is 4.21. The fourth-order valence-corrected chi connectivity index (χ4v) is 4.98. The van der Waals surface area contributed by atoms with E-state index in [0.29, 0.717) is 22.5 Å². The number of esters is 1. The number of thiazole rings is 1. The van der Waals surface area contributed by atoms with Gasteiger partial charge in [-0.25, -0.2) is 9.79 Å². The summed E-state index contributed by atoms with van der Waals surface area (Å²) in [6, 6.07) is 10.9. The molecule has 1 aromatic heterocycles. The Morgan fingerprint density at radius 2 is 2.00 bits per heavy atom. The predicted molar refractivity (Wildman–Crippen MR) is 128 cm³/mol. The van der Waals surface area contributed by atoms with Crippen molar-refractivity contribution < 1.29 is 24.3 Å². The van der Waals surface area contributed by atoms with Gasteiger partial charge in [0.1, 0.15) is 0 Å². The maximum atomic E-state index is 13.6. The number of hydrogen-bond acceptors (Lipinski definition) is 9. The van der Waals surface area contributed by atoms with Gasteiger partial charge in [-0.15, -0.1) is 0 Å². The van der Waals surface area contributed by atoms with Gasteiger partial charge in [-0.05, 0) is 29.7 Å². The van der Waals surface area contributed by atoms with E-state index in [9.17, 15) is 24.8 Å². The van der Waals surface area contributed by atoms with Crippen molar-refractivity contribution in [2.24, 2.45) is 4.99 Å². The molecular weight excluding hydrogens is 474 g/mol. The van der Waals surface area contributed by atoms with Crippen LogP contribution in [0.15, 0.2) is 63.5 Å². The highest BCUT2D eigenvalue weighted by molar-refractivity contribution is 7.07. The normalized spacial score (nSPS) is 15.4. The molecule has 0 fully saturated rings. The maximum Gasteiger partial charge on any atom is 0.338 e. The van der Waals surface area contributed by atoms with E-state index in [1.807, 2.05) is 37.3 Å². The molecule has 0 spiro atoms. The largest absolute Gasteiger partial charge is 0.500 e. The minimum atomic E-state index is -0.749. The molecule has 0 saturated carbocycles. The number of benzene rings is 2. The number of nitro benzene ring substituents is 1. The molecule has 2 aromatic carbocycles. The van der Waals surface area contributed by atoms with Crippen LogP contribution in [0, 0.1) is 10.1 Å². The van der Waals surface area contributed by atoms with Crippen molar-refractivity contribution in [1.29, 1.82) is 0 Å². The Bertz CT molecular complexity index is 1540. The van der Waals surface area contributed by atoms with Crippen molar-refractivity contribution in [2.75, 3.05) is 14.2 Å². The van der Waals surface area contributed by atoms with Gasteiger partial charge in [0.05, 0.1) is 41.0 Å². The lowest BCUT2D eigenvalue weighted by atomic mass is 9.95. The highest BCUT2D eigenvalue weighted by Gasteiger charge is 2.33. The number of rotatable bonds is 6. The fourth-order valence-electron chi connectivity index (χ4n) is 3.96. The van der Waals surface area contributed by atoms with E-state index < -0.39 is 33.9 Å². The van der Waals surface area contributed by atoms with Crippen LogP contribution >= 0.6 is 11.3 Å². The fraction of sp³-hybridized carbons (Fsp3) is 0.208. The molecule has 1 aliphatic heterocycles. The van der Waals surface area contributed by atoms with Crippen LogP contribution in [0.3, 0.4) is 0 Å². The predicted octanol–water partition coefficient (Wildman–Crippen LogP) is 2.42. The van der Waals surface area contributed by atoms with E-state index >= 15 is 0 Å². The van der Waals surface area contributed by atoms with Crippen molar-refractivity contribution in [3.8, 4) is 11.5 Å². The summed E-state index contributed by atoms with van der Waals surface area (Å²) in [7, 11) is 2.55. The van der Waals surface area contributed by atoms with Crippen LogP contribution in [0.2, 0.25) is 0 Å². The molecule has 35 heavy (non-hydrogen) atoms. The van der Waals surface area contributed by atoms with E-state index in [4.69, 9.17) is 9.47 Å². The van der Waals surface area contributed by atoms with E-state index in [2.05, 4.69) is 4.99 Å². The summed E-state index contributed by atoms with van der Waals surface area (Å²) >= 11 is 1.10. The van der Waals surface area contributed by atoms with Gasteiger partial charge in [0.25, 0.3) is 5.56 Å². The first-order valence-electron chi connectivity index (χ1n) is 10.5. The van der Waals surface area contributed by atoms with Crippen molar-refractivity contribution in [3.05, 3.63) is 94.7 Å². The highest BCUT2D eigenvalue weighted by atomic mass is 32.1. The van der Waals surface area contributed by atoms with Gasteiger partial charge < -0.3 is 14.6 Å². The zero-order chi connectivity index (χ0) is 25.3.